The van der Waals surface area contributed by atoms with Crippen molar-refractivity contribution in [3.05, 3.63) is 47.5 Å². The monoisotopic (exact) mass is 244 g/mol. The normalized spacial score (nSPS) is 12.6. The Morgan fingerprint density at radius 3 is 2.50 bits per heavy atom. The van der Waals surface area contributed by atoms with Crippen molar-refractivity contribution in [3.8, 4) is 0 Å². The summed E-state index contributed by atoms with van der Waals surface area (Å²) < 4.78 is 1.97. The van der Waals surface area contributed by atoms with Gasteiger partial charge in [0.25, 0.3) is 0 Å². The Kier molecular flexibility index (Phi) is 4.10. The summed E-state index contributed by atoms with van der Waals surface area (Å²) in [5.74, 6) is 1.79. The van der Waals surface area contributed by atoms with Crippen LogP contribution in [0, 0.1) is 13.8 Å². The number of benzene rings is 1. The van der Waals surface area contributed by atoms with Gasteiger partial charge in [-0.2, -0.15) is 5.10 Å². The van der Waals surface area contributed by atoms with Crippen molar-refractivity contribution in [3.63, 3.8) is 0 Å². The van der Waals surface area contributed by atoms with Crippen LogP contribution in [-0.2, 0) is 6.54 Å². The highest BCUT2D eigenvalue weighted by atomic mass is 15.3. The van der Waals surface area contributed by atoms with Crippen molar-refractivity contribution in [2.24, 2.45) is 0 Å². The van der Waals surface area contributed by atoms with Gasteiger partial charge in [-0.05, 0) is 26.0 Å². The molecule has 0 aliphatic heterocycles. The highest BCUT2D eigenvalue weighted by molar-refractivity contribution is 5.18. The average molecular weight is 244 g/mol. The van der Waals surface area contributed by atoms with Crippen molar-refractivity contribution in [2.75, 3.05) is 6.54 Å². The Balaban J connectivity index is 2.19. The van der Waals surface area contributed by atoms with Gasteiger partial charge in [-0.1, -0.05) is 37.3 Å². The van der Waals surface area contributed by atoms with E-state index in [0.29, 0.717) is 0 Å². The molecule has 1 aromatic heterocycles. The summed E-state index contributed by atoms with van der Waals surface area (Å²) >= 11 is 0. The highest BCUT2D eigenvalue weighted by Gasteiger charge is 2.13. The van der Waals surface area contributed by atoms with Gasteiger partial charge in [0.1, 0.15) is 11.6 Å². The lowest BCUT2D eigenvalue weighted by molar-refractivity contribution is 0.440. The van der Waals surface area contributed by atoms with E-state index in [1.165, 1.54) is 5.56 Å². The van der Waals surface area contributed by atoms with Gasteiger partial charge in [0.15, 0.2) is 0 Å². The molecule has 1 unspecified atom stereocenters. The van der Waals surface area contributed by atoms with E-state index in [1.807, 2.05) is 24.6 Å². The topological polar surface area (TPSA) is 42.7 Å². The minimum Gasteiger partial charge on any atom is -0.309 e. The Morgan fingerprint density at radius 2 is 1.94 bits per heavy atom. The van der Waals surface area contributed by atoms with Crippen LogP contribution in [0.25, 0.3) is 0 Å². The van der Waals surface area contributed by atoms with Crippen LogP contribution in [0.4, 0.5) is 0 Å². The summed E-state index contributed by atoms with van der Waals surface area (Å²) in [7, 11) is 0. The van der Waals surface area contributed by atoms with Crippen molar-refractivity contribution in [1.82, 2.24) is 20.1 Å². The lowest BCUT2D eigenvalue weighted by Gasteiger charge is -2.18. The zero-order chi connectivity index (χ0) is 13.0. The molecule has 1 N–H and O–H groups in total. The third-order valence-electron chi connectivity index (χ3n) is 2.97. The van der Waals surface area contributed by atoms with Crippen LogP contribution in [-0.4, -0.2) is 21.3 Å². The summed E-state index contributed by atoms with van der Waals surface area (Å²) in [6, 6.07) is 10.7. The first-order valence-corrected chi connectivity index (χ1v) is 6.37. The van der Waals surface area contributed by atoms with Gasteiger partial charge in [-0.15, -0.1) is 0 Å². The van der Waals surface area contributed by atoms with Crippen LogP contribution in [0.2, 0.25) is 0 Å². The van der Waals surface area contributed by atoms with Gasteiger partial charge in [0, 0.05) is 0 Å². The fourth-order valence-corrected chi connectivity index (χ4v) is 2.13. The maximum Gasteiger partial charge on any atom is 0.147 e. The fraction of sp³-hybridized carbons (Fsp3) is 0.429. The molecule has 0 saturated carbocycles. The maximum absolute atomic E-state index is 4.42. The number of rotatable bonds is 5. The van der Waals surface area contributed by atoms with Gasteiger partial charge < -0.3 is 5.32 Å². The van der Waals surface area contributed by atoms with Gasteiger partial charge >= 0.3 is 0 Å². The zero-order valence-electron chi connectivity index (χ0n) is 11.2. The molecule has 0 radical (unpaired) electrons. The Morgan fingerprint density at radius 1 is 1.22 bits per heavy atom. The molecule has 18 heavy (non-hydrogen) atoms. The quantitative estimate of drug-likeness (QED) is 0.877. The number of hydrogen-bond acceptors (Lipinski definition) is 3. The van der Waals surface area contributed by atoms with Crippen molar-refractivity contribution in [2.45, 2.75) is 33.4 Å². The van der Waals surface area contributed by atoms with Crippen molar-refractivity contribution < 1.29 is 0 Å². The largest absolute Gasteiger partial charge is 0.309 e. The zero-order valence-corrected chi connectivity index (χ0v) is 11.2. The molecular weight excluding hydrogens is 224 g/mol. The molecule has 1 heterocycles. The predicted molar refractivity (Wildman–Crippen MR) is 72.4 cm³/mol. The summed E-state index contributed by atoms with van der Waals surface area (Å²) in [6.45, 7) is 7.79. The average Bonchev–Trinajstić information content (AvgIpc) is 2.68. The second kappa shape index (κ2) is 5.78. The van der Waals surface area contributed by atoms with Crippen molar-refractivity contribution >= 4 is 0 Å². The Labute approximate surface area is 108 Å². The molecule has 0 bridgehead atoms. The molecule has 1 atom stereocenters. The standard InChI is InChI=1S/C14H20N4/c1-4-15-14(13-8-6-5-7-9-13)10-18-12(3)16-11(2)17-18/h5-9,14-15H,4,10H2,1-3H3. The van der Waals surface area contributed by atoms with E-state index in [4.69, 9.17) is 0 Å². The lowest BCUT2D eigenvalue weighted by Crippen LogP contribution is -2.26. The van der Waals surface area contributed by atoms with Crippen LogP contribution in [0.1, 0.15) is 30.2 Å². The van der Waals surface area contributed by atoms with E-state index >= 15 is 0 Å². The second-order valence-corrected chi connectivity index (χ2v) is 4.41. The molecule has 1 aromatic carbocycles. The van der Waals surface area contributed by atoms with E-state index in [1.54, 1.807) is 0 Å². The van der Waals surface area contributed by atoms with Crippen LogP contribution >= 0.6 is 0 Å². The van der Waals surface area contributed by atoms with Crippen LogP contribution in [0.3, 0.4) is 0 Å². The Bertz CT molecular complexity index is 490. The number of aryl methyl sites for hydroxylation is 2. The first-order valence-electron chi connectivity index (χ1n) is 6.37. The minimum atomic E-state index is 0.274. The molecular formula is C14H20N4. The predicted octanol–water partition coefficient (Wildman–Crippen LogP) is 2.25. The van der Waals surface area contributed by atoms with E-state index in [0.717, 1.165) is 24.7 Å². The first kappa shape index (κ1) is 12.8. The smallest absolute Gasteiger partial charge is 0.147 e. The summed E-state index contributed by atoms with van der Waals surface area (Å²) in [6.07, 6.45) is 0. The van der Waals surface area contributed by atoms with Gasteiger partial charge in [-0.25, -0.2) is 9.67 Å². The molecule has 2 rings (SSSR count). The van der Waals surface area contributed by atoms with E-state index < -0.39 is 0 Å². The third kappa shape index (κ3) is 2.96. The number of nitrogens with zero attached hydrogens (tertiary/aromatic N) is 3. The van der Waals surface area contributed by atoms with Crippen LogP contribution < -0.4 is 5.32 Å². The number of nitrogens with one attached hydrogen (secondary N) is 1. The molecule has 0 aliphatic carbocycles. The molecule has 96 valence electrons. The molecule has 0 fully saturated rings. The maximum atomic E-state index is 4.42. The first-order chi connectivity index (χ1) is 8.70. The van der Waals surface area contributed by atoms with E-state index in [2.05, 4.69) is 46.6 Å². The molecule has 2 aromatic rings. The van der Waals surface area contributed by atoms with Crippen LogP contribution in [0.5, 0.6) is 0 Å². The van der Waals surface area contributed by atoms with Gasteiger partial charge in [-0.3, -0.25) is 0 Å². The van der Waals surface area contributed by atoms with E-state index in [9.17, 15) is 0 Å². The van der Waals surface area contributed by atoms with Crippen molar-refractivity contribution in [1.29, 1.82) is 0 Å². The molecule has 0 spiro atoms. The van der Waals surface area contributed by atoms with Gasteiger partial charge in [0.2, 0.25) is 0 Å². The number of hydrogen-bond donors (Lipinski definition) is 1. The summed E-state index contributed by atoms with van der Waals surface area (Å²) in [5.41, 5.74) is 1.28. The lowest BCUT2D eigenvalue weighted by atomic mass is 10.1. The molecule has 0 amide bonds. The third-order valence-corrected chi connectivity index (χ3v) is 2.97. The number of aromatic nitrogens is 3. The summed E-state index contributed by atoms with van der Waals surface area (Å²) in [5, 5.41) is 7.92. The SMILES string of the molecule is CCNC(Cn1nc(C)nc1C)c1ccccc1. The molecule has 4 nitrogen and oxygen atoms in total. The Hall–Kier alpha value is -1.68. The fourth-order valence-electron chi connectivity index (χ4n) is 2.13. The molecule has 0 aliphatic rings. The van der Waals surface area contributed by atoms with E-state index in [-0.39, 0.29) is 6.04 Å². The minimum absolute atomic E-state index is 0.274. The van der Waals surface area contributed by atoms with Crippen LogP contribution in [0.15, 0.2) is 30.3 Å². The second-order valence-electron chi connectivity index (χ2n) is 4.41. The number of likely N-dealkylation sites (N-methyl/N-ethyl adjacent to an activating group) is 1. The highest BCUT2D eigenvalue weighted by Crippen LogP contribution is 2.15. The molecule has 4 heteroatoms. The summed E-state index contributed by atoms with van der Waals surface area (Å²) in [4.78, 5) is 4.34. The molecule has 0 saturated heterocycles. The van der Waals surface area contributed by atoms with Gasteiger partial charge in [0.05, 0.1) is 12.6 Å².